The standard InChI is InChI=1S/C10H7Cl2F3/c11-7(6-4-2-1-3-5-6)8(12)9(13)10(14)15/h1-5,9-10H. The molecule has 0 saturated heterocycles. The van der Waals surface area contributed by atoms with Crippen LogP contribution in [-0.4, -0.2) is 12.6 Å². The average molecular weight is 255 g/mol. The van der Waals surface area contributed by atoms with Gasteiger partial charge in [0, 0.05) is 0 Å². The third-order valence-electron chi connectivity index (χ3n) is 1.70. The summed E-state index contributed by atoms with van der Waals surface area (Å²) in [6.07, 6.45) is -5.71. The Morgan fingerprint density at radius 3 is 2.00 bits per heavy atom. The van der Waals surface area contributed by atoms with Crippen molar-refractivity contribution in [1.29, 1.82) is 0 Å². The molecule has 0 fully saturated rings. The molecule has 1 atom stereocenters. The van der Waals surface area contributed by atoms with Crippen molar-refractivity contribution in [3.63, 3.8) is 0 Å². The molecule has 1 aromatic carbocycles. The van der Waals surface area contributed by atoms with E-state index in [0.717, 1.165) is 0 Å². The van der Waals surface area contributed by atoms with Crippen molar-refractivity contribution >= 4 is 28.2 Å². The van der Waals surface area contributed by atoms with Crippen molar-refractivity contribution in [2.45, 2.75) is 12.6 Å². The third-order valence-corrected chi connectivity index (χ3v) is 2.62. The van der Waals surface area contributed by atoms with Gasteiger partial charge in [-0.3, -0.25) is 0 Å². The zero-order valence-electron chi connectivity index (χ0n) is 7.43. The van der Waals surface area contributed by atoms with E-state index < -0.39 is 17.6 Å². The molecule has 0 aliphatic heterocycles. The van der Waals surface area contributed by atoms with E-state index in [2.05, 4.69) is 0 Å². The molecular formula is C10H7Cl2F3. The minimum absolute atomic E-state index is 0.190. The zero-order valence-corrected chi connectivity index (χ0v) is 8.94. The molecule has 1 aromatic rings. The van der Waals surface area contributed by atoms with E-state index in [1.54, 1.807) is 30.3 Å². The van der Waals surface area contributed by atoms with Gasteiger partial charge in [0.1, 0.15) is 0 Å². The van der Waals surface area contributed by atoms with Crippen molar-refractivity contribution in [1.82, 2.24) is 0 Å². The van der Waals surface area contributed by atoms with Gasteiger partial charge in [0.15, 0.2) is 6.17 Å². The number of halogens is 5. The lowest BCUT2D eigenvalue weighted by Gasteiger charge is -2.08. The second-order valence-electron chi connectivity index (χ2n) is 2.76. The van der Waals surface area contributed by atoms with Crippen molar-refractivity contribution in [3.8, 4) is 0 Å². The number of rotatable bonds is 3. The van der Waals surface area contributed by atoms with Crippen molar-refractivity contribution in [2.24, 2.45) is 0 Å². The molecule has 0 amide bonds. The Kier molecular flexibility index (Phi) is 4.48. The van der Waals surface area contributed by atoms with E-state index in [1.165, 1.54) is 0 Å². The van der Waals surface area contributed by atoms with Gasteiger partial charge in [-0.15, -0.1) is 0 Å². The van der Waals surface area contributed by atoms with Gasteiger partial charge in [0.05, 0.1) is 10.1 Å². The van der Waals surface area contributed by atoms with E-state index in [0.29, 0.717) is 5.56 Å². The number of hydrogen-bond acceptors (Lipinski definition) is 0. The summed E-state index contributed by atoms with van der Waals surface area (Å²) in [6.45, 7) is 0. The molecular weight excluding hydrogens is 248 g/mol. The lowest BCUT2D eigenvalue weighted by atomic mass is 10.2. The maximum atomic E-state index is 12.8. The Hall–Kier alpha value is -0.670. The predicted octanol–water partition coefficient (Wildman–Crippen LogP) is 4.44. The zero-order chi connectivity index (χ0) is 11.4. The summed E-state index contributed by atoms with van der Waals surface area (Å²) in [5.41, 5.74) is 0.410. The van der Waals surface area contributed by atoms with E-state index in [9.17, 15) is 13.2 Å². The summed E-state index contributed by atoms with van der Waals surface area (Å²) in [4.78, 5) is 0. The second kappa shape index (κ2) is 5.42. The predicted molar refractivity (Wildman–Crippen MR) is 56.0 cm³/mol. The third kappa shape index (κ3) is 3.14. The van der Waals surface area contributed by atoms with E-state index >= 15 is 0 Å². The largest absolute Gasteiger partial charge is 0.274 e. The highest BCUT2D eigenvalue weighted by atomic mass is 35.5. The van der Waals surface area contributed by atoms with Crippen LogP contribution in [0.5, 0.6) is 0 Å². The van der Waals surface area contributed by atoms with Gasteiger partial charge in [0.25, 0.3) is 6.43 Å². The molecule has 0 heterocycles. The van der Waals surface area contributed by atoms with Crippen molar-refractivity contribution in [2.75, 3.05) is 0 Å². The highest BCUT2D eigenvalue weighted by Crippen LogP contribution is 2.30. The van der Waals surface area contributed by atoms with Crippen LogP contribution in [0.25, 0.3) is 5.03 Å². The van der Waals surface area contributed by atoms with Crippen LogP contribution in [-0.2, 0) is 0 Å². The molecule has 15 heavy (non-hydrogen) atoms. The van der Waals surface area contributed by atoms with E-state index in [1.807, 2.05) is 0 Å². The van der Waals surface area contributed by atoms with Crippen molar-refractivity contribution in [3.05, 3.63) is 40.9 Å². The Bertz CT molecular complexity index is 349. The summed E-state index contributed by atoms with van der Waals surface area (Å²) >= 11 is 11.1. The van der Waals surface area contributed by atoms with Gasteiger partial charge in [-0.25, -0.2) is 13.2 Å². The molecule has 0 saturated carbocycles. The molecule has 0 aromatic heterocycles. The Morgan fingerprint density at radius 2 is 1.53 bits per heavy atom. The van der Waals surface area contributed by atoms with Gasteiger partial charge in [0.2, 0.25) is 0 Å². The van der Waals surface area contributed by atoms with E-state index in [-0.39, 0.29) is 5.03 Å². The summed E-state index contributed by atoms with van der Waals surface area (Å²) < 4.78 is 36.8. The Labute approximate surface area is 95.3 Å². The highest BCUT2D eigenvalue weighted by molar-refractivity contribution is 6.54. The monoisotopic (exact) mass is 254 g/mol. The first-order valence-electron chi connectivity index (χ1n) is 4.07. The fraction of sp³-hybridized carbons (Fsp3) is 0.200. The fourth-order valence-electron chi connectivity index (χ4n) is 0.954. The quantitative estimate of drug-likeness (QED) is 0.749. The van der Waals surface area contributed by atoms with Crippen LogP contribution >= 0.6 is 23.2 Å². The molecule has 0 nitrogen and oxygen atoms in total. The first-order chi connectivity index (χ1) is 7.04. The van der Waals surface area contributed by atoms with Gasteiger partial charge < -0.3 is 0 Å². The maximum Gasteiger partial charge on any atom is 0.274 e. The number of hydrogen-bond donors (Lipinski definition) is 0. The summed E-state index contributed by atoms with van der Waals surface area (Å²) in [6, 6.07) is 8.14. The van der Waals surface area contributed by atoms with Crippen LogP contribution in [0.1, 0.15) is 5.56 Å². The molecule has 0 bridgehead atoms. The molecule has 5 heteroatoms. The average Bonchev–Trinajstić information content (AvgIpc) is 2.27. The fourth-order valence-corrected chi connectivity index (χ4v) is 1.39. The van der Waals surface area contributed by atoms with Crippen LogP contribution < -0.4 is 0 Å². The number of alkyl halides is 3. The molecule has 0 spiro atoms. The molecule has 0 aliphatic rings. The minimum Gasteiger partial charge on any atom is -0.235 e. The van der Waals surface area contributed by atoms with Crippen LogP contribution in [0.4, 0.5) is 13.2 Å². The summed E-state index contributed by atoms with van der Waals surface area (Å²) in [7, 11) is 0. The molecule has 1 rings (SSSR count). The first kappa shape index (κ1) is 12.4. The molecule has 0 radical (unpaired) electrons. The van der Waals surface area contributed by atoms with Gasteiger partial charge in [-0.2, -0.15) is 0 Å². The van der Waals surface area contributed by atoms with E-state index in [4.69, 9.17) is 23.2 Å². The first-order valence-corrected chi connectivity index (χ1v) is 4.82. The van der Waals surface area contributed by atoms with Gasteiger partial charge in [-0.1, -0.05) is 53.5 Å². The topological polar surface area (TPSA) is 0 Å². The second-order valence-corrected chi connectivity index (χ2v) is 3.55. The normalized spacial score (nSPS) is 15.1. The Balaban J connectivity index is 3.00. The molecule has 1 unspecified atom stereocenters. The summed E-state index contributed by atoms with van der Waals surface area (Å²) in [5, 5.41) is -0.858. The SMILES string of the molecule is FC(F)C(F)C(Cl)=C(Cl)c1ccccc1. The highest BCUT2D eigenvalue weighted by Gasteiger charge is 2.25. The molecule has 0 N–H and O–H groups in total. The smallest absolute Gasteiger partial charge is 0.235 e. The molecule has 82 valence electrons. The van der Waals surface area contributed by atoms with Crippen LogP contribution in [0, 0.1) is 0 Å². The minimum atomic E-state index is -3.17. The lowest BCUT2D eigenvalue weighted by molar-refractivity contribution is 0.0731. The van der Waals surface area contributed by atoms with Crippen LogP contribution in [0.3, 0.4) is 0 Å². The maximum absolute atomic E-state index is 12.8. The van der Waals surface area contributed by atoms with Crippen LogP contribution in [0.15, 0.2) is 35.4 Å². The number of allylic oxidation sites excluding steroid dienone is 1. The summed E-state index contributed by atoms with van der Waals surface area (Å²) in [5.74, 6) is 0. The number of benzene rings is 1. The van der Waals surface area contributed by atoms with Gasteiger partial charge in [-0.05, 0) is 5.56 Å². The lowest BCUT2D eigenvalue weighted by Crippen LogP contribution is -2.12. The van der Waals surface area contributed by atoms with Gasteiger partial charge >= 0.3 is 0 Å². The Morgan fingerprint density at radius 1 is 1.00 bits per heavy atom. The van der Waals surface area contributed by atoms with Crippen LogP contribution in [0.2, 0.25) is 0 Å². The van der Waals surface area contributed by atoms with Crippen molar-refractivity contribution < 1.29 is 13.2 Å². The molecule has 0 aliphatic carbocycles.